The van der Waals surface area contributed by atoms with Gasteiger partial charge in [0.05, 0.1) is 12.9 Å². The van der Waals surface area contributed by atoms with E-state index in [1.54, 1.807) is 6.34 Å². The number of hydrogen-bond donors (Lipinski definition) is 2. The Morgan fingerprint density at radius 2 is 2.31 bits per heavy atom. The molecule has 3 nitrogen and oxygen atoms in total. The first-order valence-electron chi connectivity index (χ1n) is 5.24. The number of nitrogens with one attached hydrogen (secondary N) is 1. The Bertz CT molecular complexity index is 115. The van der Waals surface area contributed by atoms with Crippen molar-refractivity contribution in [2.24, 2.45) is 10.7 Å². The van der Waals surface area contributed by atoms with Gasteiger partial charge in [0, 0.05) is 12.6 Å². The SMILES string of the molecule is C1=NCCN1.CCCCCC(C)N. The zero-order valence-electron chi connectivity index (χ0n) is 8.92. The monoisotopic (exact) mass is 185 g/mol. The van der Waals surface area contributed by atoms with Gasteiger partial charge in [-0.1, -0.05) is 26.2 Å². The summed E-state index contributed by atoms with van der Waals surface area (Å²) in [7, 11) is 0. The molecule has 0 bridgehead atoms. The summed E-state index contributed by atoms with van der Waals surface area (Å²) >= 11 is 0. The average molecular weight is 185 g/mol. The van der Waals surface area contributed by atoms with Gasteiger partial charge in [0.2, 0.25) is 0 Å². The van der Waals surface area contributed by atoms with E-state index < -0.39 is 0 Å². The topological polar surface area (TPSA) is 50.4 Å². The summed E-state index contributed by atoms with van der Waals surface area (Å²) in [6.07, 6.45) is 6.86. The summed E-state index contributed by atoms with van der Waals surface area (Å²) in [4.78, 5) is 3.85. The van der Waals surface area contributed by atoms with E-state index in [1.165, 1.54) is 25.7 Å². The first kappa shape index (κ1) is 12.4. The van der Waals surface area contributed by atoms with E-state index in [-0.39, 0.29) is 0 Å². The summed E-state index contributed by atoms with van der Waals surface area (Å²) in [6, 6.07) is 0.404. The zero-order chi connectivity index (χ0) is 9.94. The van der Waals surface area contributed by atoms with Crippen molar-refractivity contribution in [3.05, 3.63) is 0 Å². The van der Waals surface area contributed by atoms with Crippen LogP contribution in [0.4, 0.5) is 0 Å². The van der Waals surface area contributed by atoms with Gasteiger partial charge in [-0.2, -0.15) is 0 Å². The quantitative estimate of drug-likeness (QED) is 0.653. The van der Waals surface area contributed by atoms with Gasteiger partial charge in [0.15, 0.2) is 0 Å². The number of hydrogen-bond acceptors (Lipinski definition) is 3. The molecule has 0 aromatic heterocycles. The highest BCUT2D eigenvalue weighted by molar-refractivity contribution is 5.56. The highest BCUT2D eigenvalue weighted by Gasteiger charge is 1.90. The van der Waals surface area contributed by atoms with E-state index in [4.69, 9.17) is 5.73 Å². The summed E-state index contributed by atoms with van der Waals surface area (Å²) < 4.78 is 0. The molecule has 78 valence electrons. The maximum Gasteiger partial charge on any atom is 0.0825 e. The van der Waals surface area contributed by atoms with Crippen molar-refractivity contribution < 1.29 is 0 Å². The van der Waals surface area contributed by atoms with Crippen LogP contribution in [-0.2, 0) is 0 Å². The highest BCUT2D eigenvalue weighted by Crippen LogP contribution is 1.99. The number of nitrogens with zero attached hydrogens (tertiary/aromatic N) is 1. The van der Waals surface area contributed by atoms with Crippen molar-refractivity contribution in [2.75, 3.05) is 13.1 Å². The van der Waals surface area contributed by atoms with Crippen molar-refractivity contribution in [3.8, 4) is 0 Å². The number of rotatable bonds is 4. The van der Waals surface area contributed by atoms with E-state index in [9.17, 15) is 0 Å². The lowest BCUT2D eigenvalue weighted by molar-refractivity contribution is 0.592. The third kappa shape index (κ3) is 11.4. The van der Waals surface area contributed by atoms with E-state index in [0.717, 1.165) is 13.1 Å². The Balaban J connectivity index is 0.000000243. The third-order valence-corrected chi connectivity index (χ3v) is 1.83. The molecule has 0 fully saturated rings. The van der Waals surface area contributed by atoms with Crippen LogP contribution in [-0.4, -0.2) is 25.5 Å². The second kappa shape index (κ2) is 9.52. The maximum atomic E-state index is 5.53. The van der Waals surface area contributed by atoms with Gasteiger partial charge in [0.25, 0.3) is 0 Å². The molecule has 1 unspecified atom stereocenters. The Hall–Kier alpha value is -0.570. The van der Waals surface area contributed by atoms with Gasteiger partial charge in [-0.25, -0.2) is 0 Å². The Kier molecular flexibility index (Phi) is 9.10. The van der Waals surface area contributed by atoms with Crippen LogP contribution in [0.2, 0.25) is 0 Å². The summed E-state index contributed by atoms with van der Waals surface area (Å²) in [5.41, 5.74) is 5.53. The van der Waals surface area contributed by atoms with Crippen molar-refractivity contribution in [1.82, 2.24) is 5.32 Å². The van der Waals surface area contributed by atoms with Crippen LogP contribution in [0.1, 0.15) is 39.5 Å². The maximum absolute atomic E-state index is 5.53. The predicted molar refractivity (Wildman–Crippen MR) is 59.2 cm³/mol. The van der Waals surface area contributed by atoms with Crippen molar-refractivity contribution in [2.45, 2.75) is 45.6 Å². The Labute approximate surface area is 81.8 Å². The fourth-order valence-electron chi connectivity index (χ4n) is 1.04. The van der Waals surface area contributed by atoms with Gasteiger partial charge >= 0.3 is 0 Å². The third-order valence-electron chi connectivity index (χ3n) is 1.83. The molecule has 1 aliphatic heterocycles. The summed E-state index contributed by atoms with van der Waals surface area (Å²) in [5, 5.41) is 2.93. The number of aliphatic imine (C=N–C) groups is 1. The molecule has 3 heteroatoms. The molecule has 1 heterocycles. The smallest absolute Gasteiger partial charge is 0.0825 e. The molecule has 0 aliphatic carbocycles. The molecule has 0 spiro atoms. The zero-order valence-corrected chi connectivity index (χ0v) is 8.92. The molecule has 1 rings (SSSR count). The lowest BCUT2D eigenvalue weighted by Gasteiger charge is -2.01. The minimum absolute atomic E-state index is 0.404. The molecular formula is C10H23N3. The minimum Gasteiger partial charge on any atom is -0.375 e. The number of nitrogens with two attached hydrogens (primary N) is 1. The lowest BCUT2D eigenvalue weighted by atomic mass is 10.1. The molecule has 0 aromatic carbocycles. The predicted octanol–water partition coefficient (Wildman–Crippen LogP) is 1.53. The van der Waals surface area contributed by atoms with E-state index in [1.807, 2.05) is 0 Å². The fraction of sp³-hybridized carbons (Fsp3) is 0.900. The lowest BCUT2D eigenvalue weighted by Crippen LogP contribution is -2.13. The van der Waals surface area contributed by atoms with Crippen molar-refractivity contribution in [1.29, 1.82) is 0 Å². The van der Waals surface area contributed by atoms with Crippen LogP contribution in [0, 0.1) is 0 Å². The van der Waals surface area contributed by atoms with Gasteiger partial charge < -0.3 is 11.1 Å². The van der Waals surface area contributed by atoms with E-state index in [0.29, 0.717) is 6.04 Å². The van der Waals surface area contributed by atoms with Gasteiger partial charge in [-0.3, -0.25) is 4.99 Å². The molecule has 0 radical (unpaired) electrons. The van der Waals surface area contributed by atoms with Gasteiger partial charge in [-0.05, 0) is 13.3 Å². The normalized spacial score (nSPS) is 15.9. The van der Waals surface area contributed by atoms with Crippen molar-refractivity contribution in [3.63, 3.8) is 0 Å². The van der Waals surface area contributed by atoms with Crippen LogP contribution in [0.25, 0.3) is 0 Å². The van der Waals surface area contributed by atoms with E-state index in [2.05, 4.69) is 24.2 Å². The van der Waals surface area contributed by atoms with Gasteiger partial charge in [-0.15, -0.1) is 0 Å². The fourth-order valence-corrected chi connectivity index (χ4v) is 1.04. The Morgan fingerprint density at radius 3 is 2.62 bits per heavy atom. The number of unbranched alkanes of at least 4 members (excludes halogenated alkanes) is 2. The van der Waals surface area contributed by atoms with Crippen LogP contribution < -0.4 is 11.1 Å². The van der Waals surface area contributed by atoms with Crippen LogP contribution >= 0.6 is 0 Å². The molecule has 0 saturated heterocycles. The molecule has 1 atom stereocenters. The largest absolute Gasteiger partial charge is 0.375 e. The van der Waals surface area contributed by atoms with Crippen LogP contribution in [0.15, 0.2) is 4.99 Å². The standard InChI is InChI=1S/C7H17N.C3H6N2/c1-3-4-5-6-7(2)8;1-2-5-3-4-1/h7H,3-6,8H2,1-2H3;3H,1-2H2,(H,4,5). The van der Waals surface area contributed by atoms with Crippen molar-refractivity contribution >= 4 is 6.34 Å². The second-order valence-corrected chi connectivity index (χ2v) is 3.46. The molecular weight excluding hydrogens is 162 g/mol. The van der Waals surface area contributed by atoms with E-state index >= 15 is 0 Å². The van der Waals surface area contributed by atoms with Crippen LogP contribution in [0.5, 0.6) is 0 Å². The molecule has 0 saturated carbocycles. The summed E-state index contributed by atoms with van der Waals surface area (Å²) in [6.45, 7) is 6.26. The highest BCUT2D eigenvalue weighted by atomic mass is 15.0. The first-order valence-corrected chi connectivity index (χ1v) is 5.24. The summed E-state index contributed by atoms with van der Waals surface area (Å²) in [5.74, 6) is 0. The molecule has 3 N–H and O–H groups in total. The second-order valence-electron chi connectivity index (χ2n) is 3.46. The average Bonchev–Trinajstić information content (AvgIpc) is 2.61. The molecule has 13 heavy (non-hydrogen) atoms. The first-order chi connectivity index (χ1) is 6.27. The molecule has 0 amide bonds. The molecule has 1 aliphatic rings. The molecule has 0 aromatic rings. The van der Waals surface area contributed by atoms with Gasteiger partial charge in [0.1, 0.15) is 0 Å². The minimum atomic E-state index is 0.404. The Morgan fingerprint density at radius 1 is 1.54 bits per heavy atom. The van der Waals surface area contributed by atoms with Crippen LogP contribution in [0.3, 0.4) is 0 Å².